The van der Waals surface area contributed by atoms with E-state index < -0.39 is 0 Å². The van der Waals surface area contributed by atoms with E-state index in [4.69, 9.17) is 9.47 Å². The first-order valence-corrected chi connectivity index (χ1v) is 12.7. The van der Waals surface area contributed by atoms with Crippen molar-refractivity contribution in [3.8, 4) is 22.6 Å². The Morgan fingerprint density at radius 1 is 0.789 bits per heavy atom. The molecule has 6 heteroatoms. The van der Waals surface area contributed by atoms with E-state index in [1.807, 2.05) is 42.5 Å². The minimum Gasteiger partial charge on any atom is -0.489 e. The molecule has 0 saturated carbocycles. The van der Waals surface area contributed by atoms with Gasteiger partial charge in [0.25, 0.3) is 0 Å². The highest BCUT2D eigenvalue weighted by atomic mass is 19.1. The average molecular weight is 513 g/mol. The summed E-state index contributed by atoms with van der Waals surface area (Å²) in [6.45, 7) is 5.79. The van der Waals surface area contributed by atoms with E-state index in [-0.39, 0.29) is 18.3 Å². The van der Waals surface area contributed by atoms with Gasteiger partial charge in [-0.15, -0.1) is 0 Å². The Morgan fingerprint density at radius 2 is 1.53 bits per heavy atom. The van der Waals surface area contributed by atoms with Crippen LogP contribution >= 0.6 is 0 Å². The number of nitrogens with one attached hydrogen (secondary N) is 2. The van der Waals surface area contributed by atoms with Crippen molar-refractivity contribution in [2.45, 2.75) is 33.6 Å². The van der Waals surface area contributed by atoms with Gasteiger partial charge in [-0.2, -0.15) is 0 Å². The molecule has 0 atom stereocenters. The third kappa shape index (κ3) is 7.43. The molecule has 4 aromatic carbocycles. The van der Waals surface area contributed by atoms with Crippen LogP contribution in [-0.4, -0.2) is 19.0 Å². The number of rotatable bonds is 12. The van der Waals surface area contributed by atoms with E-state index in [2.05, 4.69) is 41.8 Å². The zero-order chi connectivity index (χ0) is 26.7. The fourth-order valence-electron chi connectivity index (χ4n) is 4.16. The van der Waals surface area contributed by atoms with E-state index in [9.17, 15) is 9.18 Å². The molecular weight excluding hydrogens is 479 g/mol. The molecule has 0 aliphatic rings. The molecule has 0 radical (unpaired) electrons. The van der Waals surface area contributed by atoms with Crippen LogP contribution in [-0.2, 0) is 24.6 Å². The van der Waals surface area contributed by atoms with E-state index in [1.54, 1.807) is 18.2 Å². The summed E-state index contributed by atoms with van der Waals surface area (Å²) < 4.78 is 26.4. The Balaban J connectivity index is 1.47. The van der Waals surface area contributed by atoms with Gasteiger partial charge >= 0.3 is 0 Å². The number of hydrogen-bond donors (Lipinski definition) is 2. The molecule has 0 aliphatic carbocycles. The van der Waals surface area contributed by atoms with Gasteiger partial charge in [-0.05, 0) is 41.3 Å². The lowest BCUT2D eigenvalue weighted by molar-refractivity contribution is -0.118. The molecule has 0 unspecified atom stereocenters. The van der Waals surface area contributed by atoms with Gasteiger partial charge in [0.15, 0.2) is 0 Å². The predicted octanol–water partition coefficient (Wildman–Crippen LogP) is 6.18. The molecule has 4 rings (SSSR count). The fourth-order valence-corrected chi connectivity index (χ4v) is 4.16. The maximum absolute atomic E-state index is 14.2. The fraction of sp³-hybridized carbons (Fsp3) is 0.219. The van der Waals surface area contributed by atoms with Crippen LogP contribution in [0.5, 0.6) is 11.5 Å². The second kappa shape index (κ2) is 13.4. The molecule has 0 fully saturated rings. The topological polar surface area (TPSA) is 59.6 Å². The molecule has 0 heterocycles. The lowest BCUT2D eigenvalue weighted by Gasteiger charge is -2.16. The number of carbonyl (C=O) groups is 1. The smallest absolute Gasteiger partial charge is 0.216 e. The van der Waals surface area contributed by atoms with Gasteiger partial charge in [-0.25, -0.2) is 4.39 Å². The monoisotopic (exact) mass is 512 g/mol. The summed E-state index contributed by atoms with van der Waals surface area (Å²) in [6, 6.07) is 28.8. The van der Waals surface area contributed by atoms with Gasteiger partial charge < -0.3 is 20.1 Å². The Kier molecular flexibility index (Phi) is 9.48. The number of carbonyl (C=O) groups excluding carboxylic acids is 1. The number of ether oxygens (including phenoxy) is 2. The molecule has 0 saturated heterocycles. The quantitative estimate of drug-likeness (QED) is 0.223. The second-order valence-electron chi connectivity index (χ2n) is 9.05. The van der Waals surface area contributed by atoms with Crippen LogP contribution in [0.2, 0.25) is 0 Å². The summed E-state index contributed by atoms with van der Waals surface area (Å²) >= 11 is 0. The molecule has 4 aromatic rings. The molecule has 0 aromatic heterocycles. The van der Waals surface area contributed by atoms with Crippen LogP contribution in [0.25, 0.3) is 11.1 Å². The summed E-state index contributed by atoms with van der Waals surface area (Å²) in [5, 5.41) is 6.07. The zero-order valence-electron chi connectivity index (χ0n) is 21.8. The van der Waals surface area contributed by atoms with Gasteiger partial charge in [-0.1, -0.05) is 72.8 Å². The van der Waals surface area contributed by atoms with Gasteiger partial charge in [0, 0.05) is 43.8 Å². The van der Waals surface area contributed by atoms with Gasteiger partial charge in [0.1, 0.15) is 30.5 Å². The minimum absolute atomic E-state index is 0.0632. The Hall–Kier alpha value is -4.16. The Morgan fingerprint density at radius 3 is 2.32 bits per heavy atom. The Bertz CT molecular complexity index is 1360. The summed E-state index contributed by atoms with van der Waals surface area (Å²) in [4.78, 5) is 11.1. The van der Waals surface area contributed by atoms with Crippen LogP contribution in [0, 0.1) is 12.7 Å². The maximum Gasteiger partial charge on any atom is 0.216 e. The van der Waals surface area contributed by atoms with Crippen LogP contribution in [0.1, 0.15) is 29.2 Å². The molecule has 0 bridgehead atoms. The largest absolute Gasteiger partial charge is 0.489 e. The molecule has 196 valence electrons. The van der Waals surface area contributed by atoms with Crippen molar-refractivity contribution in [1.82, 2.24) is 10.6 Å². The zero-order valence-corrected chi connectivity index (χ0v) is 21.8. The highest BCUT2D eigenvalue weighted by Gasteiger charge is 2.11. The summed E-state index contributed by atoms with van der Waals surface area (Å²) in [5.41, 5.74) is 6.03. The third-order valence-electron chi connectivity index (χ3n) is 6.30. The van der Waals surface area contributed by atoms with Crippen LogP contribution < -0.4 is 20.1 Å². The SMILES string of the molecule is CC(=O)NCCNCc1ccc(OCc2cccc(-c3ccccc3)c2C)cc1OCc1ccccc1F. The van der Waals surface area contributed by atoms with Crippen LogP contribution in [0.3, 0.4) is 0 Å². The van der Waals surface area contributed by atoms with Crippen molar-refractivity contribution in [3.63, 3.8) is 0 Å². The number of benzene rings is 4. The van der Waals surface area contributed by atoms with E-state index in [0.29, 0.717) is 43.3 Å². The van der Waals surface area contributed by atoms with E-state index >= 15 is 0 Å². The van der Waals surface area contributed by atoms with Crippen LogP contribution in [0.4, 0.5) is 4.39 Å². The average Bonchev–Trinajstić information content (AvgIpc) is 2.93. The first-order valence-electron chi connectivity index (χ1n) is 12.7. The van der Waals surface area contributed by atoms with Crippen molar-refractivity contribution < 1.29 is 18.7 Å². The first-order chi connectivity index (χ1) is 18.5. The molecule has 38 heavy (non-hydrogen) atoms. The summed E-state index contributed by atoms with van der Waals surface area (Å²) in [5.74, 6) is 0.919. The van der Waals surface area contributed by atoms with Crippen molar-refractivity contribution >= 4 is 5.91 Å². The van der Waals surface area contributed by atoms with Crippen molar-refractivity contribution in [2.24, 2.45) is 0 Å². The van der Waals surface area contributed by atoms with Gasteiger partial charge in [-0.3, -0.25) is 4.79 Å². The molecule has 5 nitrogen and oxygen atoms in total. The van der Waals surface area contributed by atoms with Crippen molar-refractivity contribution in [3.05, 3.63) is 119 Å². The molecule has 0 aliphatic heterocycles. The van der Waals surface area contributed by atoms with Gasteiger partial charge in [0.05, 0.1) is 0 Å². The molecule has 0 spiro atoms. The number of amides is 1. The second-order valence-corrected chi connectivity index (χ2v) is 9.05. The predicted molar refractivity (Wildman–Crippen MR) is 149 cm³/mol. The van der Waals surface area contributed by atoms with Crippen LogP contribution in [0.15, 0.2) is 91.0 Å². The van der Waals surface area contributed by atoms with Crippen molar-refractivity contribution in [1.29, 1.82) is 0 Å². The normalized spacial score (nSPS) is 10.7. The lowest BCUT2D eigenvalue weighted by atomic mass is 9.97. The Labute approximate surface area is 223 Å². The number of halogens is 1. The molecular formula is C32H33FN2O3. The standard InChI is InChI=1S/C32H33FN2O3/c1-23-27(12-8-13-30(23)25-9-4-3-5-10-25)21-37-29-16-15-26(20-34-17-18-35-24(2)36)32(19-29)38-22-28-11-6-7-14-31(28)33/h3-16,19,34H,17-18,20-22H2,1-2H3,(H,35,36). The highest BCUT2D eigenvalue weighted by Crippen LogP contribution is 2.29. The van der Waals surface area contributed by atoms with Crippen molar-refractivity contribution in [2.75, 3.05) is 13.1 Å². The maximum atomic E-state index is 14.2. The third-order valence-corrected chi connectivity index (χ3v) is 6.30. The van der Waals surface area contributed by atoms with E-state index in [1.165, 1.54) is 29.7 Å². The summed E-state index contributed by atoms with van der Waals surface area (Å²) in [7, 11) is 0. The van der Waals surface area contributed by atoms with Gasteiger partial charge in [0.2, 0.25) is 5.91 Å². The molecule has 2 N–H and O–H groups in total. The highest BCUT2D eigenvalue weighted by molar-refractivity contribution is 5.72. The number of hydrogen-bond acceptors (Lipinski definition) is 4. The molecule has 1 amide bonds. The lowest BCUT2D eigenvalue weighted by Crippen LogP contribution is -2.30. The summed E-state index contributed by atoms with van der Waals surface area (Å²) in [6.07, 6.45) is 0. The minimum atomic E-state index is -0.302. The van der Waals surface area contributed by atoms with E-state index in [0.717, 1.165) is 11.1 Å². The first kappa shape index (κ1) is 26.9.